The van der Waals surface area contributed by atoms with Crippen molar-refractivity contribution < 1.29 is 13.7 Å². The van der Waals surface area contributed by atoms with Crippen LogP contribution >= 0.6 is 24.0 Å². The van der Waals surface area contributed by atoms with Crippen LogP contribution in [0.5, 0.6) is 0 Å². The quantitative estimate of drug-likeness (QED) is 0.284. The van der Waals surface area contributed by atoms with Crippen LogP contribution in [-0.4, -0.2) is 40.7 Å². The molecule has 0 fully saturated rings. The fourth-order valence-corrected chi connectivity index (χ4v) is 3.76. The number of aliphatic hydroxyl groups is 1. The first-order chi connectivity index (χ1) is 12.8. The maximum absolute atomic E-state index is 12.3. The summed E-state index contributed by atoms with van der Waals surface area (Å²) in [4.78, 5) is 5.30. The van der Waals surface area contributed by atoms with Crippen molar-refractivity contribution in [1.82, 2.24) is 10.6 Å². The summed E-state index contributed by atoms with van der Waals surface area (Å²) in [6, 6.07) is 11.2. The molecule has 6 nitrogen and oxygen atoms in total. The highest BCUT2D eigenvalue weighted by Gasteiger charge is 2.27. The number of rotatable bonds is 8. The van der Waals surface area contributed by atoms with Crippen molar-refractivity contribution in [2.45, 2.75) is 38.2 Å². The highest BCUT2D eigenvalue weighted by atomic mass is 127. The third-order valence-corrected chi connectivity index (χ3v) is 5.47. The summed E-state index contributed by atoms with van der Waals surface area (Å²) in [5.74, 6) is 2.52. The van der Waals surface area contributed by atoms with Crippen LogP contribution in [0.3, 0.4) is 0 Å². The van der Waals surface area contributed by atoms with Crippen molar-refractivity contribution in [2.24, 2.45) is 4.99 Å². The van der Waals surface area contributed by atoms with E-state index in [0.717, 1.165) is 16.2 Å². The topological polar surface area (TPSA) is 86.9 Å². The van der Waals surface area contributed by atoms with Gasteiger partial charge in [0.25, 0.3) is 0 Å². The number of hydrogen-bond acceptors (Lipinski definition) is 4. The first kappa shape index (κ1) is 24.6. The van der Waals surface area contributed by atoms with Crippen LogP contribution in [0.25, 0.3) is 0 Å². The van der Waals surface area contributed by atoms with Gasteiger partial charge in [0.05, 0.1) is 17.3 Å². The van der Waals surface area contributed by atoms with Gasteiger partial charge in [0.2, 0.25) is 0 Å². The summed E-state index contributed by atoms with van der Waals surface area (Å²) in [6.45, 7) is 8.78. The third-order valence-electron chi connectivity index (χ3n) is 4.10. The van der Waals surface area contributed by atoms with Crippen LogP contribution in [0, 0.1) is 13.8 Å². The molecule has 2 aromatic rings. The molecule has 2 rings (SSSR count). The Hall–Kier alpha value is -1.39. The zero-order chi connectivity index (χ0) is 19.9. The Bertz CT molecular complexity index is 791. The molecular weight excluding hydrogens is 489 g/mol. The summed E-state index contributed by atoms with van der Waals surface area (Å²) < 4.78 is 17.8. The molecule has 0 amide bonds. The predicted molar refractivity (Wildman–Crippen MR) is 125 cm³/mol. The molecule has 1 heterocycles. The van der Waals surface area contributed by atoms with Gasteiger partial charge in [-0.05, 0) is 45.9 Å². The molecule has 0 spiro atoms. The van der Waals surface area contributed by atoms with E-state index in [9.17, 15) is 9.32 Å². The molecule has 3 N–H and O–H groups in total. The van der Waals surface area contributed by atoms with E-state index in [1.54, 1.807) is 6.92 Å². The molecule has 2 atom stereocenters. The van der Waals surface area contributed by atoms with E-state index in [1.165, 1.54) is 0 Å². The highest BCUT2D eigenvalue weighted by Crippen LogP contribution is 2.27. The van der Waals surface area contributed by atoms with Gasteiger partial charge in [0.1, 0.15) is 17.1 Å². The predicted octanol–water partition coefficient (Wildman–Crippen LogP) is 3.08. The summed E-state index contributed by atoms with van der Waals surface area (Å²) >= 11 is 0. The van der Waals surface area contributed by atoms with E-state index in [-0.39, 0.29) is 30.5 Å². The molecule has 1 aromatic carbocycles. The number of nitrogens with one attached hydrogen (secondary N) is 2. The van der Waals surface area contributed by atoms with Gasteiger partial charge in [-0.25, -0.2) is 4.99 Å². The number of halogens is 1. The number of furan rings is 1. The lowest BCUT2D eigenvalue weighted by Crippen LogP contribution is -2.40. The van der Waals surface area contributed by atoms with Crippen molar-refractivity contribution in [1.29, 1.82) is 0 Å². The molecule has 156 valence electrons. The van der Waals surface area contributed by atoms with Crippen molar-refractivity contribution in [3.05, 3.63) is 53.5 Å². The Morgan fingerprint density at radius 1 is 1.25 bits per heavy atom. The average molecular weight is 519 g/mol. The molecule has 0 aliphatic carbocycles. The van der Waals surface area contributed by atoms with E-state index >= 15 is 0 Å². The molecule has 1 aromatic heterocycles. The highest BCUT2D eigenvalue weighted by molar-refractivity contribution is 14.0. The van der Waals surface area contributed by atoms with E-state index in [0.29, 0.717) is 30.6 Å². The van der Waals surface area contributed by atoms with Crippen LogP contribution in [0.4, 0.5) is 0 Å². The first-order valence-corrected chi connectivity index (χ1v) is 10.4. The Morgan fingerprint density at radius 3 is 2.50 bits per heavy atom. The summed E-state index contributed by atoms with van der Waals surface area (Å²) in [5, 5.41) is 17.1. The summed E-state index contributed by atoms with van der Waals surface area (Å²) in [7, 11) is -1.06. The number of nitrogens with zero attached hydrogens (tertiary/aromatic N) is 1. The Kier molecular flexibility index (Phi) is 10.2. The van der Waals surface area contributed by atoms with Crippen LogP contribution in [0.15, 0.2) is 50.7 Å². The van der Waals surface area contributed by atoms with Crippen molar-refractivity contribution in [3.8, 4) is 0 Å². The molecule has 28 heavy (non-hydrogen) atoms. The second-order valence-electron chi connectivity index (χ2n) is 6.59. The van der Waals surface area contributed by atoms with Crippen molar-refractivity contribution >= 4 is 40.7 Å². The third kappa shape index (κ3) is 7.21. The minimum absolute atomic E-state index is 0. The van der Waals surface area contributed by atoms with Crippen LogP contribution in [0.2, 0.25) is 0 Å². The number of benzene rings is 1. The van der Waals surface area contributed by atoms with Gasteiger partial charge in [-0.3, -0.25) is 4.21 Å². The lowest BCUT2D eigenvalue weighted by Gasteiger charge is -2.21. The molecule has 0 saturated heterocycles. The summed E-state index contributed by atoms with van der Waals surface area (Å²) in [6.07, 6.45) is 0. The fourth-order valence-electron chi connectivity index (χ4n) is 2.78. The molecule has 2 unspecified atom stereocenters. The number of aliphatic imine (C=N–C) groups is 1. The second kappa shape index (κ2) is 11.6. The standard InChI is InChI=1S/C20H29N3O3S.HI/c1-5-21-19(22-11-12-27(25)17-9-7-6-8-10-17)23-14-20(4,24)18-13-15(2)26-16(18)3;/h6-10,13,24H,5,11-12,14H2,1-4H3,(H2,21,22,23);1H. The largest absolute Gasteiger partial charge is 0.466 e. The Morgan fingerprint density at radius 2 is 1.93 bits per heavy atom. The van der Waals surface area contributed by atoms with Gasteiger partial charge in [0.15, 0.2) is 5.96 Å². The Balaban J connectivity index is 0.00000392. The smallest absolute Gasteiger partial charge is 0.191 e. The Labute approximate surface area is 186 Å². The number of hydrogen-bond donors (Lipinski definition) is 3. The molecule has 0 bridgehead atoms. The maximum atomic E-state index is 12.3. The van der Waals surface area contributed by atoms with Gasteiger partial charge in [-0.1, -0.05) is 18.2 Å². The van der Waals surface area contributed by atoms with Gasteiger partial charge in [0, 0.05) is 29.3 Å². The van der Waals surface area contributed by atoms with Crippen LogP contribution in [0.1, 0.15) is 30.9 Å². The van der Waals surface area contributed by atoms with E-state index in [2.05, 4.69) is 15.6 Å². The lowest BCUT2D eigenvalue weighted by atomic mass is 9.96. The number of aryl methyl sites for hydroxylation is 2. The van der Waals surface area contributed by atoms with Crippen molar-refractivity contribution in [2.75, 3.05) is 25.4 Å². The molecule has 0 aliphatic heterocycles. The van der Waals surface area contributed by atoms with E-state index in [4.69, 9.17) is 4.42 Å². The van der Waals surface area contributed by atoms with E-state index in [1.807, 2.05) is 57.2 Å². The zero-order valence-electron chi connectivity index (χ0n) is 16.8. The lowest BCUT2D eigenvalue weighted by molar-refractivity contribution is 0.0657. The van der Waals surface area contributed by atoms with E-state index < -0.39 is 16.4 Å². The number of guanidine groups is 1. The average Bonchev–Trinajstić information content (AvgIpc) is 2.99. The van der Waals surface area contributed by atoms with Gasteiger partial charge in [-0.15, -0.1) is 24.0 Å². The van der Waals surface area contributed by atoms with Gasteiger partial charge < -0.3 is 20.2 Å². The minimum atomic E-state index is -1.13. The molecule has 0 saturated carbocycles. The SMILES string of the molecule is CCNC(=NCC(C)(O)c1cc(C)oc1C)NCCS(=O)c1ccccc1.I. The molecular formula is C20H30IN3O3S. The second-order valence-corrected chi connectivity index (χ2v) is 8.16. The monoisotopic (exact) mass is 519 g/mol. The molecule has 8 heteroatoms. The first-order valence-electron chi connectivity index (χ1n) is 9.09. The molecule has 0 radical (unpaired) electrons. The van der Waals surface area contributed by atoms with Gasteiger partial charge in [-0.2, -0.15) is 0 Å². The zero-order valence-corrected chi connectivity index (χ0v) is 20.0. The van der Waals surface area contributed by atoms with Gasteiger partial charge >= 0.3 is 0 Å². The van der Waals surface area contributed by atoms with Crippen LogP contribution < -0.4 is 10.6 Å². The maximum Gasteiger partial charge on any atom is 0.191 e. The minimum Gasteiger partial charge on any atom is -0.466 e. The molecule has 0 aliphatic rings. The van der Waals surface area contributed by atoms with Crippen molar-refractivity contribution in [3.63, 3.8) is 0 Å². The summed E-state index contributed by atoms with van der Waals surface area (Å²) in [5.41, 5.74) is -0.387. The normalized spacial score (nSPS) is 14.7. The fraction of sp³-hybridized carbons (Fsp3) is 0.450. The van der Waals surface area contributed by atoms with Crippen LogP contribution in [-0.2, 0) is 16.4 Å².